The van der Waals surface area contributed by atoms with Gasteiger partial charge >= 0.3 is 0 Å². The Bertz CT molecular complexity index is 1170. The first-order valence-corrected chi connectivity index (χ1v) is 9.53. The highest BCUT2D eigenvalue weighted by molar-refractivity contribution is 5.96. The molecule has 4 aromatic rings. The molecule has 0 radical (unpaired) electrons. The van der Waals surface area contributed by atoms with E-state index in [1.807, 2.05) is 36.4 Å². The fourth-order valence-electron chi connectivity index (χ4n) is 3.69. The predicted molar refractivity (Wildman–Crippen MR) is 108 cm³/mol. The molecule has 1 fully saturated rings. The first-order chi connectivity index (χ1) is 13.7. The van der Waals surface area contributed by atoms with E-state index in [0.29, 0.717) is 11.5 Å². The summed E-state index contributed by atoms with van der Waals surface area (Å²) in [6, 6.07) is 11.4. The fraction of sp³-hybridized carbons (Fsp3) is 0.273. The van der Waals surface area contributed by atoms with Crippen molar-refractivity contribution in [3.63, 3.8) is 0 Å². The van der Waals surface area contributed by atoms with Crippen LogP contribution in [0.25, 0.3) is 22.0 Å². The molecule has 5 rings (SSSR count). The normalized spacial score (nSPS) is 14.3. The molecular weight excluding hydrogens is 354 g/mol. The van der Waals surface area contributed by atoms with E-state index >= 15 is 0 Å². The van der Waals surface area contributed by atoms with E-state index in [1.54, 1.807) is 13.4 Å². The maximum absolute atomic E-state index is 12.5. The van der Waals surface area contributed by atoms with Gasteiger partial charge in [0.05, 0.1) is 30.8 Å². The van der Waals surface area contributed by atoms with Gasteiger partial charge in [0.2, 0.25) is 5.91 Å². The van der Waals surface area contributed by atoms with Crippen LogP contribution in [0.4, 0.5) is 5.69 Å². The molecule has 142 valence electrons. The number of imidazole rings is 1. The summed E-state index contributed by atoms with van der Waals surface area (Å²) in [6.45, 7) is 0. The average Bonchev–Trinajstić information content (AvgIpc) is 3.23. The molecule has 2 heterocycles. The van der Waals surface area contributed by atoms with E-state index in [1.165, 1.54) is 19.3 Å². The second-order valence-corrected chi connectivity index (χ2v) is 7.33. The van der Waals surface area contributed by atoms with Gasteiger partial charge in [0.15, 0.2) is 0 Å². The smallest absolute Gasteiger partial charge is 0.228 e. The van der Waals surface area contributed by atoms with Crippen molar-refractivity contribution >= 4 is 33.6 Å². The number of nitrogens with zero attached hydrogens (tertiary/aromatic N) is 1. The molecule has 0 spiro atoms. The second-order valence-electron chi connectivity index (χ2n) is 7.33. The summed E-state index contributed by atoms with van der Waals surface area (Å²) in [6.07, 6.45) is 5.56. The molecule has 1 amide bonds. The maximum atomic E-state index is 12.5. The van der Waals surface area contributed by atoms with Crippen LogP contribution in [0.15, 0.2) is 47.1 Å². The summed E-state index contributed by atoms with van der Waals surface area (Å²) in [5, 5.41) is 3.89. The van der Waals surface area contributed by atoms with Gasteiger partial charge in [-0.2, -0.15) is 0 Å². The van der Waals surface area contributed by atoms with E-state index in [4.69, 9.17) is 9.15 Å². The number of rotatable bonds is 5. The number of benzene rings is 2. The lowest BCUT2D eigenvalue weighted by Gasteiger charge is -2.22. The minimum absolute atomic E-state index is 0.0865. The van der Waals surface area contributed by atoms with E-state index in [2.05, 4.69) is 15.3 Å². The Morgan fingerprint density at radius 2 is 2.18 bits per heavy atom. The van der Waals surface area contributed by atoms with Crippen molar-refractivity contribution in [3.05, 3.63) is 54.0 Å². The number of hydrogen-bond acceptors (Lipinski definition) is 4. The van der Waals surface area contributed by atoms with Crippen LogP contribution in [0.1, 0.15) is 36.6 Å². The van der Waals surface area contributed by atoms with Crippen LogP contribution in [0, 0.1) is 0 Å². The van der Waals surface area contributed by atoms with Gasteiger partial charge < -0.3 is 19.5 Å². The second kappa shape index (κ2) is 6.71. The predicted octanol–water partition coefficient (Wildman–Crippen LogP) is 4.77. The molecule has 0 saturated heterocycles. The molecule has 1 aliphatic rings. The van der Waals surface area contributed by atoms with Gasteiger partial charge in [-0.3, -0.25) is 4.79 Å². The summed E-state index contributed by atoms with van der Waals surface area (Å²) >= 11 is 0. The Morgan fingerprint density at radius 1 is 1.29 bits per heavy atom. The topological polar surface area (TPSA) is 80.1 Å². The van der Waals surface area contributed by atoms with Gasteiger partial charge in [0, 0.05) is 28.6 Å². The highest BCUT2D eigenvalue weighted by Gasteiger charge is 2.22. The molecule has 28 heavy (non-hydrogen) atoms. The standard InChI is InChI=1S/C22H21N3O3/c1-27-16-6-7-17-14(12-28-20(17)11-16)9-21(26)23-15-5-8-18-19(10-15)25-22(24-18)13-3-2-4-13/h5-8,10-13H,2-4,9H2,1H3,(H,23,26)(H,24,25). The summed E-state index contributed by atoms with van der Waals surface area (Å²) in [7, 11) is 1.62. The highest BCUT2D eigenvalue weighted by Crippen LogP contribution is 2.35. The van der Waals surface area contributed by atoms with Crippen LogP contribution in [0.3, 0.4) is 0 Å². The van der Waals surface area contributed by atoms with Gasteiger partial charge in [-0.15, -0.1) is 0 Å². The minimum atomic E-state index is -0.0865. The number of ether oxygens (including phenoxy) is 1. The molecular formula is C22H21N3O3. The number of carbonyl (C=O) groups is 1. The zero-order valence-electron chi connectivity index (χ0n) is 15.6. The Morgan fingerprint density at radius 3 is 2.96 bits per heavy atom. The monoisotopic (exact) mass is 375 g/mol. The third-order valence-corrected chi connectivity index (χ3v) is 5.49. The lowest BCUT2D eigenvalue weighted by molar-refractivity contribution is -0.115. The number of fused-ring (bicyclic) bond motifs is 2. The molecule has 2 N–H and O–H groups in total. The van der Waals surface area contributed by atoms with Crippen LogP contribution >= 0.6 is 0 Å². The molecule has 0 aliphatic heterocycles. The number of anilines is 1. The highest BCUT2D eigenvalue weighted by atomic mass is 16.5. The lowest BCUT2D eigenvalue weighted by atomic mass is 9.85. The minimum Gasteiger partial charge on any atom is -0.497 e. The van der Waals surface area contributed by atoms with Crippen molar-refractivity contribution in [2.45, 2.75) is 31.6 Å². The molecule has 1 saturated carbocycles. The van der Waals surface area contributed by atoms with Crippen molar-refractivity contribution in [1.29, 1.82) is 0 Å². The number of furan rings is 1. The van der Waals surface area contributed by atoms with Gasteiger partial charge in [-0.1, -0.05) is 6.42 Å². The van der Waals surface area contributed by atoms with Crippen LogP contribution in [0.2, 0.25) is 0 Å². The van der Waals surface area contributed by atoms with Gasteiger partial charge in [-0.05, 0) is 43.2 Å². The number of hydrogen-bond donors (Lipinski definition) is 2. The molecule has 0 bridgehead atoms. The molecule has 0 atom stereocenters. The summed E-state index contributed by atoms with van der Waals surface area (Å²) in [5.41, 5.74) is 4.22. The largest absolute Gasteiger partial charge is 0.497 e. The van der Waals surface area contributed by atoms with Gasteiger partial charge in [0.1, 0.15) is 17.2 Å². The van der Waals surface area contributed by atoms with E-state index in [0.717, 1.165) is 39.2 Å². The SMILES string of the molecule is COc1ccc2c(CC(=O)Nc3ccc4nc(C5CCC5)[nH]c4c3)coc2c1. The van der Waals surface area contributed by atoms with Gasteiger partial charge in [0.25, 0.3) is 0 Å². The van der Waals surface area contributed by atoms with Crippen molar-refractivity contribution in [2.75, 3.05) is 12.4 Å². The quantitative estimate of drug-likeness (QED) is 0.527. The Kier molecular flexibility index (Phi) is 4.04. The van der Waals surface area contributed by atoms with Crippen LogP contribution in [-0.4, -0.2) is 23.0 Å². The maximum Gasteiger partial charge on any atom is 0.228 e. The van der Waals surface area contributed by atoms with Crippen LogP contribution in [-0.2, 0) is 11.2 Å². The first kappa shape index (κ1) is 16.9. The summed E-state index contributed by atoms with van der Waals surface area (Å²) in [5.74, 6) is 2.26. The van der Waals surface area contributed by atoms with Crippen molar-refractivity contribution < 1.29 is 13.9 Å². The average molecular weight is 375 g/mol. The first-order valence-electron chi connectivity index (χ1n) is 9.53. The number of nitrogens with one attached hydrogen (secondary N) is 2. The Hall–Kier alpha value is -3.28. The fourth-order valence-corrected chi connectivity index (χ4v) is 3.69. The number of carbonyl (C=O) groups excluding carboxylic acids is 1. The number of aromatic nitrogens is 2. The molecule has 1 aliphatic carbocycles. The van der Waals surface area contributed by atoms with Crippen LogP contribution in [0.5, 0.6) is 5.75 Å². The van der Waals surface area contributed by atoms with Crippen molar-refractivity contribution in [3.8, 4) is 5.75 Å². The number of methoxy groups -OCH3 is 1. The zero-order valence-corrected chi connectivity index (χ0v) is 15.6. The van der Waals surface area contributed by atoms with E-state index in [9.17, 15) is 4.79 Å². The summed E-state index contributed by atoms with van der Waals surface area (Å²) < 4.78 is 10.8. The number of aromatic amines is 1. The van der Waals surface area contributed by atoms with Crippen molar-refractivity contribution in [2.24, 2.45) is 0 Å². The lowest BCUT2D eigenvalue weighted by Crippen LogP contribution is -2.14. The van der Waals surface area contributed by atoms with E-state index in [-0.39, 0.29) is 12.3 Å². The third kappa shape index (κ3) is 3.01. The van der Waals surface area contributed by atoms with Crippen LogP contribution < -0.4 is 10.1 Å². The Balaban J connectivity index is 1.32. The zero-order chi connectivity index (χ0) is 19.1. The molecule has 0 unspecified atom stereocenters. The Labute approximate surface area is 161 Å². The van der Waals surface area contributed by atoms with Gasteiger partial charge in [-0.25, -0.2) is 4.98 Å². The molecule has 6 nitrogen and oxygen atoms in total. The number of H-pyrrole nitrogens is 1. The molecule has 2 aromatic carbocycles. The third-order valence-electron chi connectivity index (χ3n) is 5.49. The molecule has 6 heteroatoms. The summed E-state index contributed by atoms with van der Waals surface area (Å²) in [4.78, 5) is 20.6. The molecule has 2 aromatic heterocycles. The number of amides is 1. The van der Waals surface area contributed by atoms with E-state index < -0.39 is 0 Å². The van der Waals surface area contributed by atoms with Crippen molar-refractivity contribution in [1.82, 2.24) is 9.97 Å².